The number of benzene rings is 1. The first kappa shape index (κ1) is 20.1. The Kier molecular flexibility index (Phi) is 8.63. The average Bonchev–Trinajstić information content (AvgIpc) is 3.00. The third-order valence-corrected chi connectivity index (χ3v) is 5.11. The quantitative estimate of drug-likeness (QED) is 0.289. The summed E-state index contributed by atoms with van der Waals surface area (Å²) >= 11 is 0. The van der Waals surface area contributed by atoms with Crippen LogP contribution in [0.3, 0.4) is 0 Å². The van der Waals surface area contributed by atoms with E-state index in [1.165, 1.54) is 10.8 Å². The van der Waals surface area contributed by atoms with Crippen LogP contribution in [0, 0.1) is 0 Å². The molecule has 0 unspecified atom stereocenters. The van der Waals surface area contributed by atoms with E-state index in [0.29, 0.717) is 24.9 Å². The average molecular weight is 385 g/mol. The summed E-state index contributed by atoms with van der Waals surface area (Å²) in [6, 6.07) is 5.69. The first-order valence-corrected chi connectivity index (χ1v) is 10.3. The molecule has 1 N–H and O–H groups in total. The molecular formula is C17H24N2O4S2. The van der Waals surface area contributed by atoms with E-state index in [1.807, 2.05) is 38.5 Å². The summed E-state index contributed by atoms with van der Waals surface area (Å²) in [6.07, 6.45) is 2.87. The predicted octanol–water partition coefficient (Wildman–Crippen LogP) is 3.77. The van der Waals surface area contributed by atoms with E-state index >= 15 is 0 Å². The molecule has 1 aromatic carbocycles. The Labute approximate surface area is 156 Å². The van der Waals surface area contributed by atoms with Crippen molar-refractivity contribution >= 4 is 37.8 Å². The number of hydrogen-bond donors (Lipinski definition) is 1. The van der Waals surface area contributed by atoms with E-state index in [1.54, 1.807) is 7.11 Å². The lowest BCUT2D eigenvalue weighted by Crippen LogP contribution is -2.14. The van der Waals surface area contributed by atoms with Crippen molar-refractivity contribution in [3.05, 3.63) is 30.0 Å². The Morgan fingerprint density at radius 3 is 2.88 bits per heavy atom. The molecule has 0 aliphatic carbocycles. The Morgan fingerprint density at radius 1 is 1.28 bits per heavy atom. The largest absolute Gasteiger partial charge is 0.417 e. The van der Waals surface area contributed by atoms with Crippen LogP contribution in [0.5, 0.6) is 5.75 Å². The molecule has 25 heavy (non-hydrogen) atoms. The van der Waals surface area contributed by atoms with Gasteiger partial charge in [-0.1, -0.05) is 16.9 Å². The van der Waals surface area contributed by atoms with Crippen molar-refractivity contribution in [3.8, 4) is 5.75 Å². The molecular weight excluding hydrogens is 360 g/mol. The van der Waals surface area contributed by atoms with Crippen LogP contribution in [-0.2, 0) is 15.9 Å². The van der Waals surface area contributed by atoms with Gasteiger partial charge in [-0.15, -0.1) is 0 Å². The minimum Gasteiger partial charge on any atom is -0.417 e. The zero-order chi connectivity index (χ0) is 18.1. The number of carbonyl (C=O) groups excluding carboxylic acids is 1. The van der Waals surface area contributed by atoms with Crippen LogP contribution >= 0.6 is 21.6 Å². The standard InChI is InChI=1S/C17H24N2O4S2/c1-19(2)8-7-13-11-18-14-5-4-6-15(16(13)14)23-17(20)25-24-12-22-10-9-21-3/h4-6,11,18H,7-10,12H2,1-3H3. The smallest absolute Gasteiger partial charge is 0.383 e. The molecule has 1 aromatic heterocycles. The summed E-state index contributed by atoms with van der Waals surface area (Å²) in [7, 11) is 8.04. The number of nitrogens with zero attached hydrogens (tertiary/aromatic N) is 1. The third-order valence-electron chi connectivity index (χ3n) is 3.46. The number of ether oxygens (including phenoxy) is 3. The zero-order valence-corrected chi connectivity index (χ0v) is 16.4. The van der Waals surface area contributed by atoms with Gasteiger partial charge in [-0.05, 0) is 38.2 Å². The van der Waals surface area contributed by atoms with Crippen molar-refractivity contribution in [2.75, 3.05) is 46.9 Å². The van der Waals surface area contributed by atoms with Gasteiger partial charge in [-0.3, -0.25) is 0 Å². The van der Waals surface area contributed by atoms with Gasteiger partial charge in [0.05, 0.1) is 13.2 Å². The number of methoxy groups -OCH3 is 1. The molecule has 0 aliphatic rings. The lowest BCUT2D eigenvalue weighted by molar-refractivity contribution is 0.0957. The molecule has 0 atom stereocenters. The van der Waals surface area contributed by atoms with E-state index in [9.17, 15) is 4.79 Å². The lowest BCUT2D eigenvalue weighted by Gasteiger charge is -2.10. The van der Waals surface area contributed by atoms with Gasteiger partial charge in [-0.2, -0.15) is 0 Å². The molecule has 138 valence electrons. The summed E-state index contributed by atoms with van der Waals surface area (Å²) in [5, 5.41) is 0.618. The summed E-state index contributed by atoms with van der Waals surface area (Å²) in [5.41, 5.74) is 2.12. The maximum Gasteiger partial charge on any atom is 0.383 e. The fraction of sp³-hybridized carbons (Fsp3) is 0.471. The number of rotatable bonds is 10. The minimum absolute atomic E-state index is 0.354. The van der Waals surface area contributed by atoms with Crippen molar-refractivity contribution in [1.82, 2.24) is 9.88 Å². The third kappa shape index (κ3) is 6.56. The zero-order valence-electron chi connectivity index (χ0n) is 14.7. The fourth-order valence-corrected chi connectivity index (χ4v) is 3.45. The van der Waals surface area contributed by atoms with Crippen molar-refractivity contribution in [1.29, 1.82) is 0 Å². The molecule has 0 radical (unpaired) electrons. The molecule has 8 heteroatoms. The van der Waals surface area contributed by atoms with Crippen LogP contribution in [0.15, 0.2) is 24.4 Å². The van der Waals surface area contributed by atoms with Gasteiger partial charge in [0.2, 0.25) is 0 Å². The molecule has 0 amide bonds. The van der Waals surface area contributed by atoms with Crippen molar-refractivity contribution < 1.29 is 19.0 Å². The Bertz CT molecular complexity index is 676. The highest BCUT2D eigenvalue weighted by Gasteiger charge is 2.14. The van der Waals surface area contributed by atoms with Crippen molar-refractivity contribution in [2.24, 2.45) is 0 Å². The molecule has 1 heterocycles. The van der Waals surface area contributed by atoms with Crippen molar-refractivity contribution in [3.63, 3.8) is 0 Å². The number of fused-ring (bicyclic) bond motifs is 1. The number of aromatic amines is 1. The summed E-state index contributed by atoms with van der Waals surface area (Å²) in [6.45, 7) is 1.98. The molecule has 0 spiro atoms. The lowest BCUT2D eigenvalue weighted by atomic mass is 10.1. The minimum atomic E-state index is -0.354. The first-order chi connectivity index (χ1) is 12.1. The number of hydrogen-bond acceptors (Lipinski definition) is 7. The second-order valence-electron chi connectivity index (χ2n) is 5.62. The topological polar surface area (TPSA) is 63.8 Å². The molecule has 2 aromatic rings. The van der Waals surface area contributed by atoms with Crippen LogP contribution in [-0.4, -0.2) is 62.1 Å². The SMILES string of the molecule is COCCOCSSC(=O)Oc1cccc2[nH]cc(CCN(C)C)c12. The predicted molar refractivity (Wildman–Crippen MR) is 104 cm³/mol. The number of likely N-dealkylation sites (N-methyl/N-ethyl adjacent to an activating group) is 1. The van der Waals surface area contributed by atoms with Gasteiger partial charge in [-0.25, -0.2) is 4.79 Å². The highest BCUT2D eigenvalue weighted by atomic mass is 33.1. The van der Waals surface area contributed by atoms with E-state index in [-0.39, 0.29) is 5.30 Å². The number of H-pyrrole nitrogens is 1. The second kappa shape index (κ2) is 10.7. The monoisotopic (exact) mass is 384 g/mol. The molecule has 0 aliphatic heterocycles. The van der Waals surface area contributed by atoms with Crippen LogP contribution in [0.4, 0.5) is 4.79 Å². The first-order valence-electron chi connectivity index (χ1n) is 7.93. The molecule has 0 saturated carbocycles. The van der Waals surface area contributed by atoms with E-state index < -0.39 is 0 Å². The number of nitrogens with one attached hydrogen (secondary N) is 1. The van der Waals surface area contributed by atoms with Gasteiger partial charge in [0.25, 0.3) is 0 Å². The van der Waals surface area contributed by atoms with Crippen LogP contribution in [0.25, 0.3) is 10.9 Å². The second-order valence-corrected chi connectivity index (χ2v) is 7.80. The normalized spacial score (nSPS) is 11.4. The Balaban J connectivity index is 1.93. The van der Waals surface area contributed by atoms with Gasteiger partial charge >= 0.3 is 5.30 Å². The van der Waals surface area contributed by atoms with E-state index in [2.05, 4.69) is 9.88 Å². The van der Waals surface area contributed by atoms with Crippen molar-refractivity contribution in [2.45, 2.75) is 6.42 Å². The molecule has 0 saturated heterocycles. The van der Waals surface area contributed by atoms with E-state index in [0.717, 1.165) is 40.2 Å². The Morgan fingerprint density at radius 2 is 2.12 bits per heavy atom. The Hall–Kier alpha value is -1.19. The van der Waals surface area contributed by atoms with Gasteiger partial charge in [0.15, 0.2) is 0 Å². The van der Waals surface area contributed by atoms with Gasteiger partial charge in [0.1, 0.15) is 11.7 Å². The van der Waals surface area contributed by atoms with Gasteiger partial charge in [0, 0.05) is 41.5 Å². The van der Waals surface area contributed by atoms with Crippen LogP contribution < -0.4 is 4.74 Å². The summed E-state index contributed by atoms with van der Waals surface area (Å²) in [4.78, 5) is 17.4. The fourth-order valence-electron chi connectivity index (χ4n) is 2.26. The summed E-state index contributed by atoms with van der Waals surface area (Å²) < 4.78 is 15.7. The maximum absolute atomic E-state index is 12.1. The number of aromatic nitrogens is 1. The summed E-state index contributed by atoms with van der Waals surface area (Å²) in [5.74, 6) is 0.997. The van der Waals surface area contributed by atoms with Crippen LogP contribution in [0.2, 0.25) is 0 Å². The molecule has 0 bridgehead atoms. The molecule has 2 rings (SSSR count). The van der Waals surface area contributed by atoms with Gasteiger partial charge < -0.3 is 24.1 Å². The molecule has 6 nitrogen and oxygen atoms in total. The highest BCUT2D eigenvalue weighted by Crippen LogP contribution is 2.32. The van der Waals surface area contributed by atoms with E-state index in [4.69, 9.17) is 14.2 Å². The molecule has 0 fully saturated rings. The maximum atomic E-state index is 12.1. The highest BCUT2D eigenvalue weighted by molar-refractivity contribution is 8.82. The van der Waals surface area contributed by atoms with Crippen LogP contribution in [0.1, 0.15) is 5.56 Å². The number of carbonyl (C=O) groups is 1.